The van der Waals surface area contributed by atoms with Gasteiger partial charge in [0.05, 0.1) is 0 Å². The summed E-state index contributed by atoms with van der Waals surface area (Å²) in [7, 11) is 0. The molecule has 1 aliphatic rings. The van der Waals surface area contributed by atoms with Crippen molar-refractivity contribution < 1.29 is 9.59 Å². The van der Waals surface area contributed by atoms with Crippen LogP contribution in [0.4, 0.5) is 0 Å². The minimum Gasteiger partial charge on any atom is -0.380 e. The number of ketones is 2. The van der Waals surface area contributed by atoms with Gasteiger partial charge in [-0.3, -0.25) is 9.59 Å². The highest BCUT2D eigenvalue weighted by Gasteiger charge is 2.34. The van der Waals surface area contributed by atoms with Crippen molar-refractivity contribution in [1.29, 1.82) is 10.5 Å². The Morgan fingerprint density at radius 1 is 1.00 bits per heavy atom. The van der Waals surface area contributed by atoms with Crippen LogP contribution in [0.25, 0.3) is 0 Å². The standard InChI is InChI=1S/C16H10ClN3O2/c17-13-14(20-7-6-10-4-2-1-3-5-10)16(22)12(9-19)11(8-18)15(13)21/h1-5,20H,6-7H2. The van der Waals surface area contributed by atoms with Crippen molar-refractivity contribution in [2.24, 2.45) is 0 Å². The maximum absolute atomic E-state index is 12.1. The average Bonchev–Trinajstić information content (AvgIpc) is 2.54. The molecule has 5 nitrogen and oxygen atoms in total. The molecular weight excluding hydrogens is 302 g/mol. The molecule has 1 aromatic carbocycles. The Bertz CT molecular complexity index is 780. The van der Waals surface area contributed by atoms with Gasteiger partial charge in [-0.1, -0.05) is 41.9 Å². The Morgan fingerprint density at radius 3 is 2.18 bits per heavy atom. The maximum atomic E-state index is 12.1. The summed E-state index contributed by atoms with van der Waals surface area (Å²) < 4.78 is 0. The first-order chi connectivity index (χ1) is 10.6. The molecule has 0 unspecified atom stereocenters. The highest BCUT2D eigenvalue weighted by atomic mass is 35.5. The Balaban J connectivity index is 2.16. The van der Waals surface area contributed by atoms with Gasteiger partial charge in [0.1, 0.15) is 34.0 Å². The lowest BCUT2D eigenvalue weighted by molar-refractivity contribution is -0.115. The van der Waals surface area contributed by atoms with E-state index in [1.165, 1.54) is 0 Å². The molecule has 0 bridgehead atoms. The lowest BCUT2D eigenvalue weighted by Crippen LogP contribution is -2.31. The van der Waals surface area contributed by atoms with Gasteiger partial charge in [-0.05, 0) is 12.0 Å². The summed E-state index contributed by atoms with van der Waals surface area (Å²) in [5.74, 6) is -1.53. The van der Waals surface area contributed by atoms with E-state index in [0.29, 0.717) is 13.0 Å². The van der Waals surface area contributed by atoms with E-state index in [2.05, 4.69) is 5.32 Å². The number of carbonyl (C=O) groups excluding carboxylic acids is 2. The van der Waals surface area contributed by atoms with Gasteiger partial charge in [-0.15, -0.1) is 0 Å². The van der Waals surface area contributed by atoms with Crippen LogP contribution < -0.4 is 5.32 Å². The predicted molar refractivity (Wildman–Crippen MR) is 79.3 cm³/mol. The Kier molecular flexibility index (Phi) is 4.73. The fourth-order valence-corrected chi connectivity index (χ4v) is 2.27. The molecule has 0 fully saturated rings. The summed E-state index contributed by atoms with van der Waals surface area (Å²) in [5, 5.41) is 20.3. The molecule has 0 heterocycles. The van der Waals surface area contributed by atoms with Crippen LogP contribution in [0.5, 0.6) is 0 Å². The number of nitriles is 2. The Morgan fingerprint density at radius 2 is 1.59 bits per heavy atom. The average molecular weight is 312 g/mol. The summed E-state index contributed by atoms with van der Waals surface area (Å²) in [4.78, 5) is 24.0. The fraction of sp³-hybridized carbons (Fsp3) is 0.125. The van der Waals surface area contributed by atoms with Crippen LogP contribution in [-0.2, 0) is 16.0 Å². The Labute approximate surface area is 132 Å². The zero-order valence-electron chi connectivity index (χ0n) is 11.4. The number of rotatable bonds is 4. The van der Waals surface area contributed by atoms with E-state index in [0.717, 1.165) is 5.56 Å². The molecule has 1 aromatic rings. The second kappa shape index (κ2) is 6.71. The highest BCUT2D eigenvalue weighted by Crippen LogP contribution is 2.25. The molecule has 2 rings (SSSR count). The van der Waals surface area contributed by atoms with Gasteiger partial charge in [0.15, 0.2) is 0 Å². The number of carbonyl (C=O) groups is 2. The second-order valence-electron chi connectivity index (χ2n) is 4.48. The molecule has 0 atom stereocenters. The lowest BCUT2D eigenvalue weighted by Gasteiger charge is -2.16. The van der Waals surface area contributed by atoms with Gasteiger partial charge in [-0.2, -0.15) is 10.5 Å². The molecule has 0 amide bonds. The van der Waals surface area contributed by atoms with E-state index < -0.39 is 22.7 Å². The fourth-order valence-electron chi connectivity index (χ4n) is 2.02. The van der Waals surface area contributed by atoms with E-state index >= 15 is 0 Å². The van der Waals surface area contributed by atoms with Crippen molar-refractivity contribution in [1.82, 2.24) is 5.32 Å². The molecule has 1 N–H and O–H groups in total. The molecule has 0 spiro atoms. The van der Waals surface area contributed by atoms with E-state index in [4.69, 9.17) is 22.1 Å². The number of halogens is 1. The summed E-state index contributed by atoms with van der Waals surface area (Å²) in [6.07, 6.45) is 0.618. The number of nitrogens with one attached hydrogen (secondary N) is 1. The van der Waals surface area contributed by atoms with Gasteiger partial charge in [-0.25, -0.2) is 0 Å². The molecule has 22 heavy (non-hydrogen) atoms. The second-order valence-corrected chi connectivity index (χ2v) is 4.86. The lowest BCUT2D eigenvalue weighted by atomic mass is 9.94. The van der Waals surface area contributed by atoms with Gasteiger partial charge < -0.3 is 5.32 Å². The third-order valence-corrected chi connectivity index (χ3v) is 3.49. The number of benzene rings is 1. The van der Waals surface area contributed by atoms with Crippen LogP contribution >= 0.6 is 11.6 Å². The molecule has 108 valence electrons. The number of hydrogen-bond acceptors (Lipinski definition) is 5. The van der Waals surface area contributed by atoms with Crippen molar-refractivity contribution in [3.8, 4) is 12.1 Å². The molecule has 0 aromatic heterocycles. The minimum atomic E-state index is -0.803. The van der Waals surface area contributed by atoms with E-state index in [-0.39, 0.29) is 10.7 Å². The summed E-state index contributed by atoms with van der Waals surface area (Å²) >= 11 is 5.86. The minimum absolute atomic E-state index is 0.127. The summed E-state index contributed by atoms with van der Waals surface area (Å²) in [6, 6.07) is 12.7. The highest BCUT2D eigenvalue weighted by molar-refractivity contribution is 6.50. The van der Waals surface area contributed by atoms with Crippen molar-refractivity contribution >= 4 is 23.2 Å². The van der Waals surface area contributed by atoms with Crippen molar-refractivity contribution in [2.45, 2.75) is 6.42 Å². The smallest absolute Gasteiger partial charge is 0.222 e. The van der Waals surface area contributed by atoms with Crippen LogP contribution in [0, 0.1) is 22.7 Å². The van der Waals surface area contributed by atoms with Gasteiger partial charge in [0.2, 0.25) is 11.6 Å². The van der Waals surface area contributed by atoms with Gasteiger partial charge >= 0.3 is 0 Å². The monoisotopic (exact) mass is 311 g/mol. The van der Waals surface area contributed by atoms with Gasteiger partial charge in [0, 0.05) is 6.54 Å². The molecule has 0 radical (unpaired) electrons. The first kappa shape index (κ1) is 15.5. The van der Waals surface area contributed by atoms with Crippen LogP contribution in [0.2, 0.25) is 0 Å². The zero-order valence-corrected chi connectivity index (χ0v) is 12.1. The number of hydrogen-bond donors (Lipinski definition) is 1. The number of Topliss-reactive ketones (excluding diaryl/α,β-unsaturated/α-hetero) is 2. The van der Waals surface area contributed by atoms with Crippen molar-refractivity contribution in [2.75, 3.05) is 6.54 Å². The largest absolute Gasteiger partial charge is 0.380 e. The molecular formula is C16H10ClN3O2. The quantitative estimate of drug-likeness (QED) is 0.855. The van der Waals surface area contributed by atoms with Crippen LogP contribution in [0.3, 0.4) is 0 Å². The van der Waals surface area contributed by atoms with Crippen LogP contribution in [-0.4, -0.2) is 18.1 Å². The third kappa shape index (κ3) is 2.90. The molecule has 6 heteroatoms. The van der Waals surface area contributed by atoms with E-state index in [1.54, 1.807) is 12.1 Å². The number of allylic oxidation sites excluding steroid dienone is 3. The van der Waals surface area contributed by atoms with Crippen molar-refractivity contribution in [3.05, 3.63) is 57.8 Å². The summed E-state index contributed by atoms with van der Waals surface area (Å²) in [5.41, 5.74) is -0.0570. The summed E-state index contributed by atoms with van der Waals surface area (Å²) in [6.45, 7) is 0.370. The molecule has 0 saturated carbocycles. The van der Waals surface area contributed by atoms with E-state index in [1.807, 2.05) is 30.3 Å². The van der Waals surface area contributed by atoms with Crippen LogP contribution in [0.1, 0.15) is 5.56 Å². The topological polar surface area (TPSA) is 93.8 Å². The normalized spacial score (nSPS) is 14.7. The molecule has 0 aliphatic heterocycles. The first-order valence-corrected chi connectivity index (χ1v) is 6.79. The maximum Gasteiger partial charge on any atom is 0.222 e. The zero-order chi connectivity index (χ0) is 16.1. The third-order valence-electron chi connectivity index (χ3n) is 3.13. The molecule has 1 aliphatic carbocycles. The van der Waals surface area contributed by atoms with E-state index in [9.17, 15) is 9.59 Å². The SMILES string of the molecule is N#CC1=C(C#N)C(=O)C(NCCc2ccccc2)=C(Cl)C1=O. The van der Waals surface area contributed by atoms with Crippen LogP contribution in [0.15, 0.2) is 52.2 Å². The van der Waals surface area contributed by atoms with Crippen molar-refractivity contribution in [3.63, 3.8) is 0 Å². The first-order valence-electron chi connectivity index (χ1n) is 6.41. The Hall–Kier alpha value is -2.89. The molecule has 0 saturated heterocycles. The predicted octanol–water partition coefficient (Wildman–Crippen LogP) is 1.76. The van der Waals surface area contributed by atoms with Gasteiger partial charge in [0.25, 0.3) is 0 Å². The number of nitrogens with zero attached hydrogens (tertiary/aromatic N) is 2.